The minimum atomic E-state index is 0.659. The van der Waals surface area contributed by atoms with Crippen molar-refractivity contribution in [1.29, 1.82) is 0 Å². The molecule has 1 radical (unpaired) electrons. The highest BCUT2D eigenvalue weighted by Gasteiger charge is 1.98. The van der Waals surface area contributed by atoms with E-state index in [-0.39, 0.29) is 0 Å². The summed E-state index contributed by atoms with van der Waals surface area (Å²) in [7, 11) is 0. The van der Waals surface area contributed by atoms with E-state index in [0.29, 0.717) is 5.92 Å². The molecule has 0 aliphatic rings. The van der Waals surface area contributed by atoms with Gasteiger partial charge in [0.15, 0.2) is 0 Å². The molecule has 1 atom stereocenters. The Morgan fingerprint density at radius 2 is 2.10 bits per heavy atom. The first-order chi connectivity index (χ1) is 4.72. The molecule has 0 aliphatic carbocycles. The summed E-state index contributed by atoms with van der Waals surface area (Å²) in [4.78, 5) is 0. The smallest absolute Gasteiger partial charge is 0.0206 e. The van der Waals surface area contributed by atoms with Gasteiger partial charge < -0.3 is 0 Å². The highest BCUT2D eigenvalue weighted by atomic mass is 14.0. The van der Waals surface area contributed by atoms with Crippen molar-refractivity contribution in [3.63, 3.8) is 0 Å². The van der Waals surface area contributed by atoms with Gasteiger partial charge in [0.25, 0.3) is 0 Å². The Morgan fingerprint density at radius 1 is 1.50 bits per heavy atom. The summed E-state index contributed by atoms with van der Waals surface area (Å²) in [6.07, 6.45) is 7.06. The molecule has 0 N–H and O–H groups in total. The fourth-order valence-electron chi connectivity index (χ4n) is 0.821. The van der Waals surface area contributed by atoms with Gasteiger partial charge in [0.2, 0.25) is 0 Å². The zero-order chi connectivity index (χ0) is 7.98. The molecule has 0 aromatic carbocycles. The van der Waals surface area contributed by atoms with Crippen LogP contribution in [0.4, 0.5) is 0 Å². The molecule has 0 heteroatoms. The molecule has 0 bridgehead atoms. The first-order valence-electron chi connectivity index (χ1n) is 4.18. The molecular weight excluding hydrogens is 120 g/mol. The molecule has 0 spiro atoms. The maximum atomic E-state index is 2.34. The Morgan fingerprint density at radius 3 is 2.50 bits per heavy atom. The lowest BCUT2D eigenvalue weighted by atomic mass is 9.99. The van der Waals surface area contributed by atoms with Crippen molar-refractivity contribution in [2.45, 2.75) is 40.5 Å². The summed E-state index contributed by atoms with van der Waals surface area (Å²) in [5, 5.41) is 0. The van der Waals surface area contributed by atoms with Crippen LogP contribution in [0.3, 0.4) is 0 Å². The summed E-state index contributed by atoms with van der Waals surface area (Å²) in [6.45, 7) is 8.78. The van der Waals surface area contributed by atoms with Crippen LogP contribution in [0.2, 0.25) is 0 Å². The number of unbranched alkanes of at least 4 members (excludes halogenated alkanes) is 1. The largest absolute Gasteiger partial charge is 0.0853 e. The molecule has 0 amide bonds. The van der Waals surface area contributed by atoms with Crippen molar-refractivity contribution in [3.8, 4) is 0 Å². The van der Waals surface area contributed by atoms with Crippen LogP contribution in [-0.4, -0.2) is 0 Å². The van der Waals surface area contributed by atoms with Crippen molar-refractivity contribution >= 4 is 0 Å². The Kier molecular flexibility index (Phi) is 5.38. The summed E-state index contributed by atoms with van der Waals surface area (Å²) >= 11 is 0. The van der Waals surface area contributed by atoms with E-state index in [1.54, 1.807) is 0 Å². The van der Waals surface area contributed by atoms with E-state index in [1.807, 2.05) is 0 Å². The van der Waals surface area contributed by atoms with E-state index in [1.165, 1.54) is 18.4 Å². The molecule has 0 saturated carbocycles. The molecule has 1 unspecified atom stereocenters. The summed E-state index contributed by atoms with van der Waals surface area (Å²) in [6, 6.07) is 0. The van der Waals surface area contributed by atoms with E-state index in [0.717, 1.165) is 0 Å². The Bertz CT molecular complexity index is 101. The molecule has 10 heavy (non-hydrogen) atoms. The van der Waals surface area contributed by atoms with Gasteiger partial charge in [0, 0.05) is 0 Å². The van der Waals surface area contributed by atoms with Gasteiger partial charge in [0.1, 0.15) is 0 Å². The number of hydrogen-bond donors (Lipinski definition) is 0. The molecule has 0 aliphatic heterocycles. The fraction of sp³-hybridized carbons (Fsp3) is 0.700. The molecule has 0 saturated heterocycles. The van der Waals surface area contributed by atoms with Crippen LogP contribution < -0.4 is 0 Å². The second-order valence-electron chi connectivity index (χ2n) is 2.86. The zero-order valence-corrected chi connectivity index (χ0v) is 7.65. The van der Waals surface area contributed by atoms with Crippen molar-refractivity contribution in [2.75, 3.05) is 0 Å². The van der Waals surface area contributed by atoms with Gasteiger partial charge in [-0.25, -0.2) is 0 Å². The molecule has 0 rings (SSSR count). The summed E-state index contributed by atoms with van der Waals surface area (Å²) in [5.41, 5.74) is 1.50. The average Bonchev–Trinajstić information content (AvgIpc) is 1.98. The Balaban J connectivity index is 3.67. The van der Waals surface area contributed by atoms with Crippen LogP contribution in [0.15, 0.2) is 11.6 Å². The van der Waals surface area contributed by atoms with E-state index in [4.69, 9.17) is 0 Å². The quantitative estimate of drug-likeness (QED) is 0.522. The van der Waals surface area contributed by atoms with Crippen LogP contribution in [-0.2, 0) is 0 Å². The van der Waals surface area contributed by atoms with Crippen LogP contribution in [0.1, 0.15) is 40.5 Å². The standard InChI is InChI=1S/C10H19/c1-5-7-8-10(4)9(3)6-2/h6,8-9H,5,7H2,1-4H3. The third kappa shape index (κ3) is 3.71. The zero-order valence-electron chi connectivity index (χ0n) is 7.65. The predicted molar refractivity (Wildman–Crippen MR) is 47.8 cm³/mol. The minimum absolute atomic E-state index is 0.659. The van der Waals surface area contributed by atoms with Gasteiger partial charge in [-0.15, -0.1) is 0 Å². The molecule has 0 fully saturated rings. The first-order valence-corrected chi connectivity index (χ1v) is 4.18. The first kappa shape index (κ1) is 9.74. The topological polar surface area (TPSA) is 0 Å². The second-order valence-corrected chi connectivity index (χ2v) is 2.86. The molecular formula is C10H19. The minimum Gasteiger partial charge on any atom is -0.0853 e. The van der Waals surface area contributed by atoms with Crippen molar-refractivity contribution < 1.29 is 0 Å². The fourth-order valence-corrected chi connectivity index (χ4v) is 0.821. The second kappa shape index (κ2) is 5.52. The van der Waals surface area contributed by atoms with Crippen LogP contribution in [0, 0.1) is 12.3 Å². The van der Waals surface area contributed by atoms with Gasteiger partial charge in [-0.2, -0.15) is 0 Å². The number of allylic oxidation sites excluding steroid dienone is 2. The van der Waals surface area contributed by atoms with Crippen LogP contribution in [0.25, 0.3) is 0 Å². The normalized spacial score (nSPS) is 15.4. The van der Waals surface area contributed by atoms with Crippen molar-refractivity contribution in [1.82, 2.24) is 0 Å². The third-order valence-corrected chi connectivity index (χ3v) is 1.97. The van der Waals surface area contributed by atoms with Gasteiger partial charge in [-0.05, 0) is 25.7 Å². The third-order valence-electron chi connectivity index (χ3n) is 1.97. The van der Waals surface area contributed by atoms with E-state index in [9.17, 15) is 0 Å². The summed E-state index contributed by atoms with van der Waals surface area (Å²) < 4.78 is 0. The lowest BCUT2D eigenvalue weighted by Crippen LogP contribution is -1.93. The van der Waals surface area contributed by atoms with E-state index < -0.39 is 0 Å². The lowest BCUT2D eigenvalue weighted by Gasteiger charge is -2.07. The SMILES string of the molecule is C[CH]C(C)C(C)=CCCC. The average molecular weight is 139 g/mol. The highest BCUT2D eigenvalue weighted by molar-refractivity contribution is 5.05. The molecule has 0 heterocycles. The highest BCUT2D eigenvalue weighted by Crippen LogP contribution is 2.13. The number of hydrogen-bond acceptors (Lipinski definition) is 0. The monoisotopic (exact) mass is 139 g/mol. The molecule has 0 nitrogen and oxygen atoms in total. The van der Waals surface area contributed by atoms with Crippen molar-refractivity contribution in [3.05, 3.63) is 18.1 Å². The van der Waals surface area contributed by atoms with Gasteiger partial charge >= 0.3 is 0 Å². The molecule has 0 aromatic rings. The lowest BCUT2D eigenvalue weighted by molar-refractivity contribution is 0.779. The molecule has 0 aromatic heterocycles. The van der Waals surface area contributed by atoms with Crippen LogP contribution >= 0.6 is 0 Å². The van der Waals surface area contributed by atoms with E-state index >= 15 is 0 Å². The van der Waals surface area contributed by atoms with Gasteiger partial charge in [0.05, 0.1) is 0 Å². The van der Waals surface area contributed by atoms with Gasteiger partial charge in [-0.1, -0.05) is 38.8 Å². The van der Waals surface area contributed by atoms with Crippen molar-refractivity contribution in [2.24, 2.45) is 5.92 Å². The Hall–Kier alpha value is -0.260. The van der Waals surface area contributed by atoms with E-state index in [2.05, 4.69) is 40.2 Å². The van der Waals surface area contributed by atoms with Gasteiger partial charge in [-0.3, -0.25) is 0 Å². The summed E-state index contributed by atoms with van der Waals surface area (Å²) in [5.74, 6) is 0.659. The number of rotatable bonds is 4. The Labute approximate surface area is 65.3 Å². The van der Waals surface area contributed by atoms with Crippen LogP contribution in [0.5, 0.6) is 0 Å². The maximum Gasteiger partial charge on any atom is -0.0206 e. The maximum absolute atomic E-state index is 2.34. The molecule has 59 valence electrons. The predicted octanol–water partition coefficient (Wildman–Crippen LogP) is 3.59.